The first kappa shape index (κ1) is 18.4. The molecule has 2 bridgehead atoms. The standard InChI is InChI=1S/C24H29NO2/c26-24-16-21-11-13-25(17-19-7-3-1-4-8-19)23(15-21)22(24)12-14-27-18-20-9-5-2-6-10-20/h1-10,21-23H,11-18H2/t21-,22-,23+/m0/s1. The van der Waals surface area contributed by atoms with Gasteiger partial charge in [0.2, 0.25) is 0 Å². The number of piperidine rings is 1. The summed E-state index contributed by atoms with van der Waals surface area (Å²) in [5.41, 5.74) is 2.53. The minimum Gasteiger partial charge on any atom is -0.377 e. The van der Waals surface area contributed by atoms with Gasteiger partial charge in [-0.25, -0.2) is 0 Å². The first-order valence-electron chi connectivity index (χ1n) is 10.2. The van der Waals surface area contributed by atoms with Crippen LogP contribution in [0.25, 0.3) is 0 Å². The largest absolute Gasteiger partial charge is 0.377 e. The van der Waals surface area contributed by atoms with Gasteiger partial charge >= 0.3 is 0 Å². The molecule has 1 saturated carbocycles. The minimum absolute atomic E-state index is 0.126. The number of Topliss-reactive ketones (excluding diaryl/α,β-unsaturated/α-hetero) is 1. The van der Waals surface area contributed by atoms with E-state index in [0.717, 1.165) is 32.4 Å². The van der Waals surface area contributed by atoms with Crippen LogP contribution < -0.4 is 0 Å². The summed E-state index contributed by atoms with van der Waals surface area (Å²) in [4.78, 5) is 15.3. The number of nitrogens with zero attached hydrogens (tertiary/aromatic N) is 1. The third-order valence-electron chi connectivity index (χ3n) is 6.15. The zero-order valence-corrected chi connectivity index (χ0v) is 15.9. The monoisotopic (exact) mass is 363 g/mol. The highest BCUT2D eigenvalue weighted by Crippen LogP contribution is 2.38. The Bertz CT molecular complexity index is 731. The molecule has 2 aromatic carbocycles. The number of benzene rings is 2. The molecule has 2 aliphatic rings. The number of hydrogen-bond donors (Lipinski definition) is 0. The second-order valence-corrected chi connectivity index (χ2v) is 8.02. The van der Waals surface area contributed by atoms with E-state index in [0.29, 0.717) is 31.0 Å². The van der Waals surface area contributed by atoms with Crippen LogP contribution in [0.3, 0.4) is 0 Å². The molecule has 0 radical (unpaired) electrons. The molecule has 3 atom stereocenters. The van der Waals surface area contributed by atoms with Crippen LogP contribution in [0.4, 0.5) is 0 Å². The smallest absolute Gasteiger partial charge is 0.137 e. The molecule has 4 rings (SSSR count). The molecule has 142 valence electrons. The summed E-state index contributed by atoms with van der Waals surface area (Å²) in [5.74, 6) is 1.18. The molecule has 3 nitrogen and oxygen atoms in total. The van der Waals surface area contributed by atoms with E-state index in [1.54, 1.807) is 0 Å². The van der Waals surface area contributed by atoms with Crippen LogP contribution in [-0.4, -0.2) is 29.9 Å². The normalized spacial score (nSPS) is 25.5. The van der Waals surface area contributed by atoms with Crippen molar-refractivity contribution in [1.82, 2.24) is 4.90 Å². The number of fused-ring (bicyclic) bond motifs is 2. The van der Waals surface area contributed by atoms with E-state index in [9.17, 15) is 4.79 Å². The van der Waals surface area contributed by atoms with Gasteiger partial charge in [-0.1, -0.05) is 60.7 Å². The third-order valence-corrected chi connectivity index (χ3v) is 6.15. The van der Waals surface area contributed by atoms with Gasteiger partial charge in [0.1, 0.15) is 5.78 Å². The number of ketones is 1. The van der Waals surface area contributed by atoms with Crippen LogP contribution in [0.1, 0.15) is 36.8 Å². The molecule has 1 heterocycles. The minimum atomic E-state index is 0.126. The Balaban J connectivity index is 1.35. The summed E-state index contributed by atoms with van der Waals surface area (Å²) in [6.45, 7) is 3.35. The zero-order valence-electron chi connectivity index (χ0n) is 15.9. The van der Waals surface area contributed by atoms with Crippen molar-refractivity contribution in [1.29, 1.82) is 0 Å². The Morgan fingerprint density at radius 2 is 1.67 bits per heavy atom. The van der Waals surface area contributed by atoms with Crippen LogP contribution in [0.15, 0.2) is 60.7 Å². The fourth-order valence-corrected chi connectivity index (χ4v) is 4.72. The number of hydrogen-bond acceptors (Lipinski definition) is 3. The van der Waals surface area contributed by atoms with E-state index in [1.807, 2.05) is 18.2 Å². The average Bonchev–Trinajstić information content (AvgIpc) is 2.70. The van der Waals surface area contributed by atoms with Gasteiger partial charge in [-0.15, -0.1) is 0 Å². The Labute approximate surface area is 162 Å². The second-order valence-electron chi connectivity index (χ2n) is 8.02. The van der Waals surface area contributed by atoms with E-state index in [-0.39, 0.29) is 5.92 Å². The molecule has 0 N–H and O–H groups in total. The molecule has 0 amide bonds. The van der Waals surface area contributed by atoms with Crippen molar-refractivity contribution < 1.29 is 9.53 Å². The highest BCUT2D eigenvalue weighted by Gasteiger charge is 2.42. The van der Waals surface area contributed by atoms with Gasteiger partial charge in [-0.3, -0.25) is 9.69 Å². The summed E-state index contributed by atoms with van der Waals surface area (Å²) in [7, 11) is 0. The maximum absolute atomic E-state index is 12.8. The molecule has 1 aliphatic heterocycles. The Hall–Kier alpha value is -1.97. The Kier molecular flexibility index (Phi) is 6.00. The molecular weight excluding hydrogens is 334 g/mol. The van der Waals surface area contributed by atoms with Gasteiger partial charge in [0, 0.05) is 31.5 Å². The predicted molar refractivity (Wildman–Crippen MR) is 107 cm³/mol. The van der Waals surface area contributed by atoms with Crippen molar-refractivity contribution >= 4 is 5.78 Å². The molecule has 1 saturated heterocycles. The summed E-state index contributed by atoms with van der Waals surface area (Å²) < 4.78 is 5.89. The van der Waals surface area contributed by atoms with Crippen LogP contribution in [0.5, 0.6) is 0 Å². The molecule has 2 fully saturated rings. The first-order chi connectivity index (χ1) is 13.3. The summed E-state index contributed by atoms with van der Waals surface area (Å²) >= 11 is 0. The molecule has 2 aromatic rings. The van der Waals surface area contributed by atoms with Crippen molar-refractivity contribution in [3.05, 3.63) is 71.8 Å². The number of carbonyl (C=O) groups is 1. The lowest BCUT2D eigenvalue weighted by Crippen LogP contribution is -2.52. The average molecular weight is 364 g/mol. The van der Waals surface area contributed by atoms with Crippen molar-refractivity contribution in [3.63, 3.8) is 0 Å². The Morgan fingerprint density at radius 3 is 2.41 bits per heavy atom. The van der Waals surface area contributed by atoms with Crippen molar-refractivity contribution in [2.75, 3.05) is 13.2 Å². The summed E-state index contributed by atoms with van der Waals surface area (Å²) in [5, 5.41) is 0. The summed E-state index contributed by atoms with van der Waals surface area (Å²) in [6, 6.07) is 21.3. The van der Waals surface area contributed by atoms with E-state index >= 15 is 0 Å². The van der Waals surface area contributed by atoms with Crippen molar-refractivity contribution in [2.45, 2.75) is 44.9 Å². The number of carbonyl (C=O) groups excluding carboxylic acids is 1. The number of likely N-dealkylation sites (tertiary alicyclic amines) is 1. The zero-order chi connectivity index (χ0) is 18.5. The highest BCUT2D eigenvalue weighted by atomic mass is 16.5. The maximum Gasteiger partial charge on any atom is 0.137 e. The molecule has 1 aliphatic carbocycles. The fraction of sp³-hybridized carbons (Fsp3) is 0.458. The van der Waals surface area contributed by atoms with Crippen molar-refractivity contribution in [2.24, 2.45) is 11.8 Å². The maximum atomic E-state index is 12.8. The molecule has 3 heteroatoms. The van der Waals surface area contributed by atoms with Crippen molar-refractivity contribution in [3.8, 4) is 0 Å². The third kappa shape index (κ3) is 4.66. The number of ether oxygens (including phenoxy) is 1. The van der Waals surface area contributed by atoms with E-state index in [4.69, 9.17) is 4.74 Å². The lowest BCUT2D eigenvalue weighted by molar-refractivity contribution is -0.133. The second kappa shape index (κ2) is 8.81. The van der Waals surface area contributed by atoms with Gasteiger partial charge in [0.15, 0.2) is 0 Å². The fourth-order valence-electron chi connectivity index (χ4n) is 4.72. The van der Waals surface area contributed by atoms with E-state index < -0.39 is 0 Å². The lowest BCUT2D eigenvalue weighted by Gasteiger charge is -2.46. The molecule has 0 spiro atoms. The van der Waals surface area contributed by atoms with Gasteiger partial charge in [0.05, 0.1) is 6.61 Å². The van der Waals surface area contributed by atoms with Gasteiger partial charge in [0.25, 0.3) is 0 Å². The van der Waals surface area contributed by atoms with Crippen LogP contribution >= 0.6 is 0 Å². The van der Waals surface area contributed by atoms with Gasteiger partial charge in [-0.2, -0.15) is 0 Å². The van der Waals surface area contributed by atoms with E-state index in [1.165, 1.54) is 17.5 Å². The predicted octanol–water partition coefficient (Wildman–Crippen LogP) is 4.46. The molecule has 0 unspecified atom stereocenters. The molecule has 0 aromatic heterocycles. The van der Waals surface area contributed by atoms with Gasteiger partial charge < -0.3 is 4.74 Å². The Morgan fingerprint density at radius 1 is 0.963 bits per heavy atom. The first-order valence-corrected chi connectivity index (χ1v) is 10.2. The van der Waals surface area contributed by atoms with Crippen LogP contribution in [0.2, 0.25) is 0 Å². The van der Waals surface area contributed by atoms with Gasteiger partial charge in [-0.05, 0) is 42.9 Å². The topological polar surface area (TPSA) is 29.5 Å². The summed E-state index contributed by atoms with van der Waals surface area (Å²) in [6.07, 6.45) is 3.95. The SMILES string of the molecule is O=C1C[C@H]2CCN(Cc3ccccc3)[C@H](C2)[C@@H]1CCOCc1ccccc1. The quantitative estimate of drug-likeness (QED) is 0.680. The van der Waals surface area contributed by atoms with Crippen LogP contribution in [-0.2, 0) is 22.7 Å². The molecular formula is C24H29NO2. The van der Waals surface area contributed by atoms with Crippen LogP contribution in [0, 0.1) is 11.8 Å². The molecule has 27 heavy (non-hydrogen) atoms. The lowest BCUT2D eigenvalue weighted by atomic mass is 9.71. The van der Waals surface area contributed by atoms with E-state index in [2.05, 4.69) is 47.4 Å². The highest BCUT2D eigenvalue weighted by molar-refractivity contribution is 5.83. The number of rotatable bonds is 7.